The average molecular weight is 450 g/mol. The predicted octanol–water partition coefficient (Wildman–Crippen LogP) is 3.24. The average Bonchev–Trinajstić information content (AvgIpc) is 3.41. The zero-order chi connectivity index (χ0) is 23.4. The number of para-hydroxylation sites is 1. The fraction of sp³-hybridized carbons (Fsp3) is 0.238. The van der Waals surface area contributed by atoms with Crippen molar-refractivity contribution in [3.63, 3.8) is 0 Å². The lowest BCUT2D eigenvalue weighted by Crippen LogP contribution is -2.12. The molecule has 0 bridgehead atoms. The molecule has 3 aromatic heterocycles. The zero-order valence-electron chi connectivity index (χ0n) is 18.5. The Hall–Kier alpha value is -4.48. The van der Waals surface area contributed by atoms with Crippen LogP contribution in [0, 0.1) is 6.92 Å². The quantitative estimate of drug-likeness (QED) is 0.382. The van der Waals surface area contributed by atoms with Crippen molar-refractivity contribution in [1.29, 1.82) is 0 Å². The molecule has 0 atom stereocenters. The van der Waals surface area contributed by atoms with Gasteiger partial charge in [-0.1, -0.05) is 6.07 Å². The van der Waals surface area contributed by atoms with E-state index in [1.165, 1.54) is 13.3 Å². The van der Waals surface area contributed by atoms with Crippen molar-refractivity contribution in [2.24, 2.45) is 7.05 Å². The second-order valence-corrected chi connectivity index (χ2v) is 6.84. The van der Waals surface area contributed by atoms with Crippen LogP contribution in [0.15, 0.2) is 41.2 Å². The topological polar surface area (TPSA) is 142 Å². The van der Waals surface area contributed by atoms with E-state index in [9.17, 15) is 4.79 Å². The Morgan fingerprint density at radius 2 is 2.06 bits per heavy atom. The highest BCUT2D eigenvalue weighted by Gasteiger charge is 2.20. The van der Waals surface area contributed by atoms with Gasteiger partial charge in [0, 0.05) is 26.4 Å². The van der Waals surface area contributed by atoms with Gasteiger partial charge in [-0.25, -0.2) is 9.78 Å². The van der Waals surface area contributed by atoms with Crippen molar-refractivity contribution in [2.75, 3.05) is 24.4 Å². The van der Waals surface area contributed by atoms with Crippen LogP contribution in [0.1, 0.15) is 23.2 Å². The molecule has 0 aliphatic heterocycles. The maximum Gasteiger partial charge on any atom is 0.343 e. The van der Waals surface area contributed by atoms with Crippen LogP contribution in [0.25, 0.3) is 11.5 Å². The molecule has 12 nitrogen and oxygen atoms in total. The Balaban J connectivity index is 1.73. The van der Waals surface area contributed by atoms with E-state index in [-0.39, 0.29) is 23.9 Å². The Kier molecular flexibility index (Phi) is 6.15. The molecule has 2 N–H and O–H groups in total. The Labute approximate surface area is 189 Å². The Morgan fingerprint density at radius 3 is 2.73 bits per heavy atom. The molecule has 0 spiro atoms. The summed E-state index contributed by atoms with van der Waals surface area (Å²) in [5.74, 6) is 1.11. The third kappa shape index (κ3) is 4.74. The van der Waals surface area contributed by atoms with E-state index in [1.807, 2.05) is 0 Å². The summed E-state index contributed by atoms with van der Waals surface area (Å²) in [6, 6.07) is 5.36. The predicted molar refractivity (Wildman–Crippen MR) is 119 cm³/mol. The van der Waals surface area contributed by atoms with Gasteiger partial charge in [0.15, 0.2) is 11.6 Å². The minimum Gasteiger partial charge on any atom is -0.494 e. The van der Waals surface area contributed by atoms with E-state index < -0.39 is 5.97 Å². The van der Waals surface area contributed by atoms with E-state index in [1.54, 1.807) is 56.2 Å². The molecule has 0 radical (unpaired) electrons. The first kappa shape index (κ1) is 21.7. The molecule has 33 heavy (non-hydrogen) atoms. The molecule has 3 heterocycles. The van der Waals surface area contributed by atoms with Crippen molar-refractivity contribution in [1.82, 2.24) is 29.9 Å². The van der Waals surface area contributed by atoms with Crippen LogP contribution < -0.4 is 15.4 Å². The summed E-state index contributed by atoms with van der Waals surface area (Å²) < 4.78 is 18.0. The van der Waals surface area contributed by atoms with Crippen molar-refractivity contribution in [3.8, 4) is 17.2 Å². The molecule has 0 aliphatic rings. The SMILES string of the molecule is CCOC(=O)c1cnc(Nc2cnn(C)c2)nc1Nc1cccc(-c2nnc(C)o2)c1OC. The normalized spacial score (nSPS) is 10.7. The monoisotopic (exact) mass is 450 g/mol. The lowest BCUT2D eigenvalue weighted by molar-refractivity contribution is 0.0526. The number of aromatic nitrogens is 6. The summed E-state index contributed by atoms with van der Waals surface area (Å²) in [7, 11) is 3.32. The van der Waals surface area contributed by atoms with E-state index in [0.29, 0.717) is 34.5 Å². The van der Waals surface area contributed by atoms with Gasteiger partial charge < -0.3 is 24.5 Å². The minimum atomic E-state index is -0.560. The lowest BCUT2D eigenvalue weighted by Gasteiger charge is -2.15. The largest absolute Gasteiger partial charge is 0.494 e. The number of rotatable bonds is 8. The van der Waals surface area contributed by atoms with Crippen LogP contribution in [0.5, 0.6) is 5.75 Å². The zero-order valence-corrected chi connectivity index (χ0v) is 18.5. The molecular formula is C21H22N8O4. The smallest absolute Gasteiger partial charge is 0.343 e. The van der Waals surface area contributed by atoms with Crippen LogP contribution in [0.2, 0.25) is 0 Å². The first-order valence-corrected chi connectivity index (χ1v) is 10.0. The van der Waals surface area contributed by atoms with Gasteiger partial charge in [0.1, 0.15) is 5.56 Å². The molecule has 0 fully saturated rings. The third-order valence-corrected chi connectivity index (χ3v) is 4.47. The number of carbonyl (C=O) groups is 1. The maximum absolute atomic E-state index is 12.5. The number of carbonyl (C=O) groups excluding carboxylic acids is 1. The van der Waals surface area contributed by atoms with Crippen LogP contribution in [0.4, 0.5) is 23.1 Å². The number of ether oxygens (including phenoxy) is 2. The molecule has 4 aromatic rings. The number of nitrogens with one attached hydrogen (secondary N) is 2. The second kappa shape index (κ2) is 9.34. The molecule has 1 aromatic carbocycles. The van der Waals surface area contributed by atoms with Crippen LogP contribution in [0.3, 0.4) is 0 Å². The van der Waals surface area contributed by atoms with Crippen LogP contribution in [-0.2, 0) is 11.8 Å². The number of nitrogens with zero attached hydrogens (tertiary/aromatic N) is 6. The highest BCUT2D eigenvalue weighted by molar-refractivity contribution is 5.96. The summed E-state index contributed by atoms with van der Waals surface area (Å²) in [5.41, 5.74) is 1.97. The summed E-state index contributed by atoms with van der Waals surface area (Å²) in [6.07, 6.45) is 4.80. The first-order chi connectivity index (χ1) is 16.0. The molecule has 12 heteroatoms. The molecule has 0 unspecified atom stereocenters. The van der Waals surface area contributed by atoms with Crippen molar-refractivity contribution < 1.29 is 18.7 Å². The molecule has 0 saturated heterocycles. The summed E-state index contributed by atoms with van der Waals surface area (Å²) in [6.45, 7) is 3.64. The van der Waals surface area contributed by atoms with Gasteiger partial charge in [-0.3, -0.25) is 4.68 Å². The standard InChI is InChI=1S/C21H22N8O4/c1-5-32-20(30)15-10-22-21(24-13-9-23-29(3)11-13)26-18(15)25-16-8-6-7-14(17(16)31-4)19-28-27-12(2)33-19/h6-11H,5H2,1-4H3,(H2,22,24,25,26). The summed E-state index contributed by atoms with van der Waals surface area (Å²) in [4.78, 5) is 21.2. The fourth-order valence-corrected chi connectivity index (χ4v) is 3.07. The second-order valence-electron chi connectivity index (χ2n) is 6.84. The van der Waals surface area contributed by atoms with Gasteiger partial charge in [0.25, 0.3) is 5.89 Å². The fourth-order valence-electron chi connectivity index (χ4n) is 3.07. The Morgan fingerprint density at radius 1 is 1.21 bits per heavy atom. The number of methoxy groups -OCH3 is 1. The van der Waals surface area contributed by atoms with E-state index >= 15 is 0 Å². The molecular weight excluding hydrogens is 428 g/mol. The van der Waals surface area contributed by atoms with Gasteiger partial charge in [-0.2, -0.15) is 10.1 Å². The number of benzene rings is 1. The molecule has 4 rings (SSSR count). The van der Waals surface area contributed by atoms with Gasteiger partial charge in [0.2, 0.25) is 11.8 Å². The van der Waals surface area contributed by atoms with E-state index in [0.717, 1.165) is 0 Å². The first-order valence-electron chi connectivity index (χ1n) is 10.0. The third-order valence-electron chi connectivity index (χ3n) is 4.47. The summed E-state index contributed by atoms with van der Waals surface area (Å²) >= 11 is 0. The van der Waals surface area contributed by atoms with Crippen molar-refractivity contribution >= 4 is 29.1 Å². The summed E-state index contributed by atoms with van der Waals surface area (Å²) in [5, 5.41) is 18.3. The van der Waals surface area contributed by atoms with Crippen molar-refractivity contribution in [2.45, 2.75) is 13.8 Å². The number of aryl methyl sites for hydroxylation is 2. The number of hydrogen-bond donors (Lipinski definition) is 2. The number of hydrogen-bond acceptors (Lipinski definition) is 11. The van der Waals surface area contributed by atoms with Gasteiger partial charge in [-0.15, -0.1) is 10.2 Å². The van der Waals surface area contributed by atoms with Gasteiger partial charge >= 0.3 is 5.97 Å². The van der Waals surface area contributed by atoms with Crippen LogP contribution in [-0.4, -0.2) is 49.6 Å². The van der Waals surface area contributed by atoms with E-state index in [4.69, 9.17) is 13.9 Å². The number of esters is 1. The molecule has 0 saturated carbocycles. The Bertz CT molecular complexity index is 1280. The van der Waals surface area contributed by atoms with Gasteiger partial charge in [0.05, 0.1) is 36.9 Å². The highest BCUT2D eigenvalue weighted by atomic mass is 16.5. The molecule has 0 aliphatic carbocycles. The molecule has 0 amide bonds. The maximum atomic E-state index is 12.5. The number of anilines is 4. The van der Waals surface area contributed by atoms with Crippen molar-refractivity contribution in [3.05, 3.63) is 48.2 Å². The minimum absolute atomic E-state index is 0.162. The van der Waals surface area contributed by atoms with E-state index in [2.05, 4.69) is 35.9 Å². The lowest BCUT2D eigenvalue weighted by atomic mass is 10.1. The van der Waals surface area contributed by atoms with Gasteiger partial charge in [-0.05, 0) is 19.1 Å². The van der Waals surface area contributed by atoms with Crippen LogP contribution >= 0.6 is 0 Å². The highest BCUT2D eigenvalue weighted by Crippen LogP contribution is 2.37. The molecule has 170 valence electrons.